The molecule has 1 aromatic carbocycles. The third-order valence-electron chi connectivity index (χ3n) is 5.79. The summed E-state index contributed by atoms with van der Waals surface area (Å²) in [6.07, 6.45) is 4.54. The molecule has 30 heavy (non-hydrogen) atoms. The molecule has 1 aliphatic heterocycles. The van der Waals surface area contributed by atoms with Gasteiger partial charge in [-0.3, -0.25) is 9.59 Å². The molecule has 0 bridgehead atoms. The Morgan fingerprint density at radius 3 is 2.63 bits per heavy atom. The zero-order valence-corrected chi connectivity index (χ0v) is 18.2. The standard InChI is InChI=1S/C23H34N2O5/c1-3-13-30-23(10-4-5-18(2)16-23)22(27)24-19-6-8-20(9-7-19)29-17-21(26)25-11-14-28-15-12-25/h6-9,18H,3-5,10-17H2,1-2H3,(H,24,27)/t18-,23+/m0/s1. The lowest BCUT2D eigenvalue weighted by molar-refractivity contribution is -0.148. The molecule has 0 spiro atoms. The topological polar surface area (TPSA) is 77.1 Å². The van der Waals surface area contributed by atoms with E-state index < -0.39 is 5.60 Å². The number of ether oxygens (including phenoxy) is 3. The summed E-state index contributed by atoms with van der Waals surface area (Å²) in [5.41, 5.74) is -0.0440. The minimum absolute atomic E-state index is 0.00242. The number of benzene rings is 1. The summed E-state index contributed by atoms with van der Waals surface area (Å²) in [6, 6.07) is 7.13. The molecule has 1 heterocycles. The molecule has 1 N–H and O–H groups in total. The van der Waals surface area contributed by atoms with Crippen LogP contribution >= 0.6 is 0 Å². The van der Waals surface area contributed by atoms with E-state index in [0.29, 0.717) is 50.3 Å². The van der Waals surface area contributed by atoms with E-state index in [1.165, 1.54) is 0 Å². The van der Waals surface area contributed by atoms with E-state index in [2.05, 4.69) is 19.2 Å². The highest BCUT2D eigenvalue weighted by atomic mass is 16.5. The van der Waals surface area contributed by atoms with E-state index in [4.69, 9.17) is 14.2 Å². The van der Waals surface area contributed by atoms with Gasteiger partial charge in [-0.15, -0.1) is 0 Å². The zero-order valence-electron chi connectivity index (χ0n) is 18.2. The molecule has 0 aromatic heterocycles. The summed E-state index contributed by atoms with van der Waals surface area (Å²) in [7, 11) is 0. The second kappa shape index (κ2) is 10.8. The van der Waals surface area contributed by atoms with Gasteiger partial charge in [0.05, 0.1) is 13.2 Å². The summed E-state index contributed by atoms with van der Waals surface area (Å²) in [5.74, 6) is 0.953. The van der Waals surface area contributed by atoms with Crippen LogP contribution in [0.25, 0.3) is 0 Å². The molecule has 1 aliphatic carbocycles. The van der Waals surface area contributed by atoms with Crippen LogP contribution in [0, 0.1) is 5.92 Å². The van der Waals surface area contributed by atoms with Crippen molar-refractivity contribution in [2.75, 3.05) is 44.8 Å². The number of carbonyl (C=O) groups excluding carboxylic acids is 2. The normalized spacial score (nSPS) is 24.3. The lowest BCUT2D eigenvalue weighted by Crippen LogP contribution is -2.48. The third-order valence-corrected chi connectivity index (χ3v) is 5.79. The van der Waals surface area contributed by atoms with Crippen LogP contribution in [0.2, 0.25) is 0 Å². The van der Waals surface area contributed by atoms with Gasteiger partial charge in [0.25, 0.3) is 11.8 Å². The number of hydrogen-bond acceptors (Lipinski definition) is 5. The Hall–Kier alpha value is -2.12. The van der Waals surface area contributed by atoms with E-state index in [1.807, 2.05) is 0 Å². The predicted molar refractivity (Wildman–Crippen MR) is 115 cm³/mol. The smallest absolute Gasteiger partial charge is 0.260 e. The quantitative estimate of drug-likeness (QED) is 0.701. The number of anilines is 1. The Labute approximate surface area is 179 Å². The molecule has 0 unspecified atom stereocenters. The lowest BCUT2D eigenvalue weighted by Gasteiger charge is -2.38. The molecule has 2 amide bonds. The molecule has 2 atom stereocenters. The fourth-order valence-corrected chi connectivity index (χ4v) is 4.13. The Balaban J connectivity index is 1.54. The number of nitrogens with one attached hydrogen (secondary N) is 1. The van der Waals surface area contributed by atoms with Crippen LogP contribution in [-0.2, 0) is 19.1 Å². The SMILES string of the molecule is CCCO[C@]1(C(=O)Nc2ccc(OCC(=O)N3CCOCC3)cc2)CCC[C@H](C)C1. The lowest BCUT2D eigenvalue weighted by atomic mass is 9.78. The second-order valence-electron chi connectivity index (χ2n) is 8.30. The first kappa shape index (κ1) is 22.6. The summed E-state index contributed by atoms with van der Waals surface area (Å²) >= 11 is 0. The molecule has 7 nitrogen and oxygen atoms in total. The van der Waals surface area contributed by atoms with E-state index in [1.54, 1.807) is 29.2 Å². The average Bonchev–Trinajstić information content (AvgIpc) is 2.77. The molecule has 3 rings (SSSR count). The minimum atomic E-state index is -0.743. The highest BCUT2D eigenvalue weighted by Crippen LogP contribution is 2.36. The maximum absolute atomic E-state index is 13.1. The highest BCUT2D eigenvalue weighted by molar-refractivity contribution is 5.97. The maximum atomic E-state index is 13.1. The molecule has 7 heteroatoms. The Kier molecular flexibility index (Phi) is 8.10. The van der Waals surface area contributed by atoms with Crippen LogP contribution in [0.15, 0.2) is 24.3 Å². The van der Waals surface area contributed by atoms with Crippen LogP contribution in [0.4, 0.5) is 5.69 Å². The van der Waals surface area contributed by atoms with E-state index in [0.717, 1.165) is 32.1 Å². The van der Waals surface area contributed by atoms with Crippen molar-refractivity contribution < 1.29 is 23.8 Å². The Morgan fingerprint density at radius 1 is 1.23 bits per heavy atom. The fraction of sp³-hybridized carbons (Fsp3) is 0.652. The first-order valence-corrected chi connectivity index (χ1v) is 11.1. The fourth-order valence-electron chi connectivity index (χ4n) is 4.13. The Bertz CT molecular complexity index is 702. The summed E-state index contributed by atoms with van der Waals surface area (Å²) in [6.45, 7) is 7.18. The van der Waals surface area contributed by atoms with Crippen molar-refractivity contribution in [3.63, 3.8) is 0 Å². The molecule has 0 radical (unpaired) electrons. The molecule has 1 aromatic rings. The minimum Gasteiger partial charge on any atom is -0.484 e. The summed E-state index contributed by atoms with van der Waals surface area (Å²) < 4.78 is 17.0. The van der Waals surface area contributed by atoms with Crippen LogP contribution in [0.1, 0.15) is 46.0 Å². The first-order valence-electron chi connectivity index (χ1n) is 11.1. The number of carbonyl (C=O) groups is 2. The largest absolute Gasteiger partial charge is 0.484 e. The zero-order chi connectivity index (χ0) is 21.4. The van der Waals surface area contributed by atoms with Crippen molar-refractivity contribution in [1.29, 1.82) is 0 Å². The third kappa shape index (κ3) is 5.95. The first-order chi connectivity index (χ1) is 14.5. The van der Waals surface area contributed by atoms with Crippen molar-refractivity contribution in [2.24, 2.45) is 5.92 Å². The van der Waals surface area contributed by atoms with Crippen LogP contribution in [-0.4, -0.2) is 61.8 Å². The molecule has 1 saturated heterocycles. The number of rotatable bonds is 8. The number of morpholine rings is 1. The predicted octanol–water partition coefficient (Wildman–Crippen LogP) is 3.24. The van der Waals surface area contributed by atoms with Crippen molar-refractivity contribution in [2.45, 2.75) is 51.6 Å². The van der Waals surface area contributed by atoms with Crippen molar-refractivity contribution in [3.8, 4) is 5.75 Å². The van der Waals surface area contributed by atoms with Gasteiger partial charge in [0.15, 0.2) is 6.61 Å². The van der Waals surface area contributed by atoms with E-state index in [-0.39, 0.29) is 18.4 Å². The van der Waals surface area contributed by atoms with Gasteiger partial charge in [-0.2, -0.15) is 0 Å². The van der Waals surface area contributed by atoms with Gasteiger partial charge >= 0.3 is 0 Å². The molecule has 1 saturated carbocycles. The van der Waals surface area contributed by atoms with Crippen molar-refractivity contribution in [1.82, 2.24) is 4.90 Å². The molecule has 2 aliphatic rings. The van der Waals surface area contributed by atoms with Gasteiger partial charge in [-0.25, -0.2) is 0 Å². The highest BCUT2D eigenvalue weighted by Gasteiger charge is 2.42. The van der Waals surface area contributed by atoms with Gasteiger partial charge in [0.1, 0.15) is 11.4 Å². The van der Waals surface area contributed by atoms with Gasteiger partial charge < -0.3 is 24.4 Å². The van der Waals surface area contributed by atoms with Crippen LogP contribution in [0.5, 0.6) is 5.75 Å². The summed E-state index contributed by atoms with van der Waals surface area (Å²) in [4.78, 5) is 27.0. The Morgan fingerprint density at radius 2 is 1.97 bits per heavy atom. The van der Waals surface area contributed by atoms with Gasteiger partial charge in [0.2, 0.25) is 0 Å². The molecule has 2 fully saturated rings. The van der Waals surface area contributed by atoms with Crippen LogP contribution in [0.3, 0.4) is 0 Å². The van der Waals surface area contributed by atoms with Gasteiger partial charge in [-0.05, 0) is 55.9 Å². The number of nitrogens with zero attached hydrogens (tertiary/aromatic N) is 1. The summed E-state index contributed by atoms with van der Waals surface area (Å²) in [5, 5.41) is 3.02. The average molecular weight is 419 g/mol. The number of amides is 2. The molecule has 166 valence electrons. The van der Waals surface area contributed by atoms with E-state index in [9.17, 15) is 9.59 Å². The van der Waals surface area contributed by atoms with E-state index >= 15 is 0 Å². The van der Waals surface area contributed by atoms with Gasteiger partial charge in [-0.1, -0.05) is 20.3 Å². The second-order valence-corrected chi connectivity index (χ2v) is 8.30. The van der Waals surface area contributed by atoms with Crippen molar-refractivity contribution in [3.05, 3.63) is 24.3 Å². The number of hydrogen-bond donors (Lipinski definition) is 1. The maximum Gasteiger partial charge on any atom is 0.260 e. The molecular weight excluding hydrogens is 384 g/mol. The monoisotopic (exact) mass is 418 g/mol. The van der Waals surface area contributed by atoms with Gasteiger partial charge in [0, 0.05) is 25.4 Å². The van der Waals surface area contributed by atoms with Crippen molar-refractivity contribution >= 4 is 17.5 Å². The van der Waals surface area contributed by atoms with Crippen LogP contribution < -0.4 is 10.1 Å². The molecular formula is C23H34N2O5.